The number of aliphatic hydroxyl groups is 1. The molecule has 1 atom stereocenters. The lowest BCUT2D eigenvalue weighted by atomic mass is 9.91. The molecule has 0 aliphatic heterocycles. The zero-order valence-electron chi connectivity index (χ0n) is 11.3. The fraction of sp³-hybridized carbons (Fsp3) is 0.571. The van der Waals surface area contributed by atoms with Gasteiger partial charge in [-0.15, -0.1) is 0 Å². The van der Waals surface area contributed by atoms with Gasteiger partial charge >= 0.3 is 0 Å². The summed E-state index contributed by atoms with van der Waals surface area (Å²) in [6, 6.07) is 3.91. The molecule has 0 aromatic heterocycles. The number of hydrogen-bond acceptors (Lipinski definition) is 3. The number of ether oxygens (including phenoxy) is 2. The van der Waals surface area contributed by atoms with Crippen molar-refractivity contribution in [2.45, 2.75) is 33.3 Å². The van der Waals surface area contributed by atoms with E-state index in [4.69, 9.17) is 9.47 Å². The third-order valence-corrected chi connectivity index (χ3v) is 2.91. The molecule has 0 heterocycles. The molecule has 1 aromatic carbocycles. The summed E-state index contributed by atoms with van der Waals surface area (Å²) < 4.78 is 10.6. The standard InChI is InChI=1S/C14H22O3/c1-6-17-9-14(4,15)12-7-11(3)13(16-5)8-10(12)2/h7-8,15H,6,9H2,1-5H3. The van der Waals surface area contributed by atoms with E-state index < -0.39 is 5.60 Å². The lowest BCUT2D eigenvalue weighted by Gasteiger charge is -2.26. The predicted octanol–water partition coefficient (Wildman–Crippen LogP) is 2.56. The van der Waals surface area contributed by atoms with Crippen LogP contribution in [0.4, 0.5) is 0 Å². The van der Waals surface area contributed by atoms with Gasteiger partial charge in [0.1, 0.15) is 11.4 Å². The normalized spacial score (nSPS) is 14.5. The molecule has 17 heavy (non-hydrogen) atoms. The van der Waals surface area contributed by atoms with Crippen molar-refractivity contribution in [3.63, 3.8) is 0 Å². The molecule has 0 saturated carbocycles. The van der Waals surface area contributed by atoms with Crippen molar-refractivity contribution < 1.29 is 14.6 Å². The van der Waals surface area contributed by atoms with Crippen LogP contribution in [0.25, 0.3) is 0 Å². The Hall–Kier alpha value is -1.06. The second kappa shape index (κ2) is 5.52. The first kappa shape index (κ1) is 14.0. The van der Waals surface area contributed by atoms with Crippen LogP contribution in [-0.4, -0.2) is 25.4 Å². The summed E-state index contributed by atoms with van der Waals surface area (Å²) in [4.78, 5) is 0. The van der Waals surface area contributed by atoms with Crippen LogP contribution in [0.15, 0.2) is 12.1 Å². The Bertz CT molecular complexity index is 383. The van der Waals surface area contributed by atoms with Crippen LogP contribution in [0, 0.1) is 13.8 Å². The minimum atomic E-state index is -0.961. The number of aryl methyl sites for hydroxylation is 2. The third kappa shape index (κ3) is 3.20. The van der Waals surface area contributed by atoms with Crippen LogP contribution >= 0.6 is 0 Å². The second-order valence-corrected chi connectivity index (χ2v) is 4.55. The van der Waals surface area contributed by atoms with Gasteiger partial charge in [-0.1, -0.05) is 0 Å². The van der Waals surface area contributed by atoms with Crippen molar-refractivity contribution in [1.82, 2.24) is 0 Å². The SMILES string of the molecule is CCOCC(C)(O)c1cc(C)c(OC)cc1C. The Morgan fingerprint density at radius 3 is 2.41 bits per heavy atom. The van der Waals surface area contributed by atoms with E-state index in [-0.39, 0.29) is 0 Å². The fourth-order valence-corrected chi connectivity index (χ4v) is 1.97. The van der Waals surface area contributed by atoms with E-state index in [1.165, 1.54) is 0 Å². The largest absolute Gasteiger partial charge is 0.496 e. The van der Waals surface area contributed by atoms with Crippen LogP contribution < -0.4 is 4.74 Å². The van der Waals surface area contributed by atoms with Gasteiger partial charge in [0.05, 0.1) is 13.7 Å². The molecule has 1 N–H and O–H groups in total. The zero-order valence-corrected chi connectivity index (χ0v) is 11.3. The van der Waals surface area contributed by atoms with E-state index in [1.54, 1.807) is 14.0 Å². The zero-order chi connectivity index (χ0) is 13.1. The van der Waals surface area contributed by atoms with E-state index in [0.717, 1.165) is 22.4 Å². The lowest BCUT2D eigenvalue weighted by Crippen LogP contribution is -2.29. The Morgan fingerprint density at radius 1 is 1.24 bits per heavy atom. The molecule has 1 aromatic rings. The second-order valence-electron chi connectivity index (χ2n) is 4.55. The van der Waals surface area contributed by atoms with Gasteiger partial charge in [-0.3, -0.25) is 0 Å². The van der Waals surface area contributed by atoms with E-state index in [9.17, 15) is 5.11 Å². The number of benzene rings is 1. The Balaban J connectivity index is 3.09. The van der Waals surface area contributed by atoms with Crippen molar-refractivity contribution in [3.8, 4) is 5.75 Å². The van der Waals surface area contributed by atoms with Crippen LogP contribution in [-0.2, 0) is 10.3 Å². The van der Waals surface area contributed by atoms with Gasteiger partial charge in [-0.2, -0.15) is 0 Å². The summed E-state index contributed by atoms with van der Waals surface area (Å²) in [6.45, 7) is 8.54. The first-order valence-corrected chi connectivity index (χ1v) is 5.88. The van der Waals surface area contributed by atoms with E-state index in [1.807, 2.05) is 32.9 Å². The molecule has 0 fully saturated rings. The Labute approximate surface area is 103 Å². The molecule has 0 bridgehead atoms. The molecule has 96 valence electrons. The summed E-state index contributed by atoms with van der Waals surface area (Å²) in [5, 5.41) is 10.4. The molecule has 0 aliphatic rings. The maximum atomic E-state index is 10.4. The van der Waals surface area contributed by atoms with E-state index in [2.05, 4.69) is 0 Å². The number of rotatable bonds is 5. The van der Waals surface area contributed by atoms with Crippen molar-refractivity contribution in [2.24, 2.45) is 0 Å². The highest BCUT2D eigenvalue weighted by molar-refractivity contribution is 5.43. The van der Waals surface area contributed by atoms with Gasteiger partial charge in [0.15, 0.2) is 0 Å². The average molecular weight is 238 g/mol. The maximum absolute atomic E-state index is 10.4. The molecule has 3 heteroatoms. The molecule has 0 saturated heterocycles. The summed E-state index contributed by atoms with van der Waals surface area (Å²) >= 11 is 0. The molecule has 0 amide bonds. The van der Waals surface area contributed by atoms with Gasteiger partial charge in [-0.05, 0) is 56.5 Å². The van der Waals surface area contributed by atoms with Gasteiger partial charge in [-0.25, -0.2) is 0 Å². The maximum Gasteiger partial charge on any atom is 0.122 e. The quantitative estimate of drug-likeness (QED) is 0.856. The van der Waals surface area contributed by atoms with Crippen molar-refractivity contribution in [1.29, 1.82) is 0 Å². The van der Waals surface area contributed by atoms with Crippen LogP contribution in [0.5, 0.6) is 5.75 Å². The van der Waals surface area contributed by atoms with E-state index in [0.29, 0.717) is 13.2 Å². The summed E-state index contributed by atoms with van der Waals surface area (Å²) in [7, 11) is 1.65. The molecule has 0 radical (unpaired) electrons. The Morgan fingerprint density at radius 2 is 1.88 bits per heavy atom. The van der Waals surface area contributed by atoms with Gasteiger partial charge < -0.3 is 14.6 Å². The topological polar surface area (TPSA) is 38.7 Å². The van der Waals surface area contributed by atoms with Crippen molar-refractivity contribution in [2.75, 3.05) is 20.3 Å². The first-order valence-electron chi connectivity index (χ1n) is 5.88. The van der Waals surface area contributed by atoms with Gasteiger partial charge in [0.2, 0.25) is 0 Å². The summed E-state index contributed by atoms with van der Waals surface area (Å²) in [6.07, 6.45) is 0. The molecule has 3 nitrogen and oxygen atoms in total. The Kier molecular flexibility index (Phi) is 4.54. The third-order valence-electron chi connectivity index (χ3n) is 2.91. The monoisotopic (exact) mass is 238 g/mol. The van der Waals surface area contributed by atoms with E-state index >= 15 is 0 Å². The van der Waals surface area contributed by atoms with Crippen LogP contribution in [0.1, 0.15) is 30.5 Å². The average Bonchev–Trinajstić information content (AvgIpc) is 2.28. The molecular weight excluding hydrogens is 216 g/mol. The number of hydrogen-bond donors (Lipinski definition) is 1. The van der Waals surface area contributed by atoms with Crippen LogP contribution in [0.2, 0.25) is 0 Å². The van der Waals surface area contributed by atoms with Gasteiger partial charge in [0, 0.05) is 6.61 Å². The van der Waals surface area contributed by atoms with Crippen LogP contribution in [0.3, 0.4) is 0 Å². The lowest BCUT2D eigenvalue weighted by molar-refractivity contribution is -0.0347. The summed E-state index contributed by atoms with van der Waals surface area (Å²) in [5.74, 6) is 0.846. The highest BCUT2D eigenvalue weighted by atomic mass is 16.5. The molecule has 1 rings (SSSR count). The summed E-state index contributed by atoms with van der Waals surface area (Å²) in [5.41, 5.74) is 1.96. The minimum absolute atomic E-state index is 0.302. The molecule has 0 aliphatic carbocycles. The van der Waals surface area contributed by atoms with Gasteiger partial charge in [0.25, 0.3) is 0 Å². The fourth-order valence-electron chi connectivity index (χ4n) is 1.97. The molecule has 1 unspecified atom stereocenters. The highest BCUT2D eigenvalue weighted by Crippen LogP contribution is 2.30. The molecule has 0 spiro atoms. The van der Waals surface area contributed by atoms with Crippen molar-refractivity contribution >= 4 is 0 Å². The highest BCUT2D eigenvalue weighted by Gasteiger charge is 2.26. The first-order chi connectivity index (χ1) is 7.92. The minimum Gasteiger partial charge on any atom is -0.496 e. The molecular formula is C14H22O3. The predicted molar refractivity (Wildman–Crippen MR) is 68.5 cm³/mol. The van der Waals surface area contributed by atoms with Crippen molar-refractivity contribution in [3.05, 3.63) is 28.8 Å². The smallest absolute Gasteiger partial charge is 0.122 e. The number of methoxy groups -OCH3 is 1.